The van der Waals surface area contributed by atoms with Crippen LogP contribution in [0.4, 0.5) is 5.95 Å². The Hall–Kier alpha value is -1.84. The zero-order valence-electron chi connectivity index (χ0n) is 9.47. The summed E-state index contributed by atoms with van der Waals surface area (Å²) in [6.07, 6.45) is 1.02. The van der Waals surface area contributed by atoms with Crippen molar-refractivity contribution in [1.29, 1.82) is 0 Å². The van der Waals surface area contributed by atoms with Crippen LogP contribution in [0.2, 0.25) is 0 Å². The molecule has 0 radical (unpaired) electrons. The minimum atomic E-state index is 0.348. The maximum Gasteiger partial charge on any atom is 0.263 e. The van der Waals surface area contributed by atoms with Crippen molar-refractivity contribution >= 4 is 5.95 Å². The van der Waals surface area contributed by atoms with Gasteiger partial charge in [-0.1, -0.05) is 25.1 Å². The predicted molar refractivity (Wildman–Crippen MR) is 63.1 cm³/mol. The molecule has 4 heteroatoms. The second-order valence-corrected chi connectivity index (χ2v) is 3.74. The second-order valence-electron chi connectivity index (χ2n) is 3.74. The third-order valence-electron chi connectivity index (χ3n) is 2.43. The molecule has 0 aliphatic rings. The van der Waals surface area contributed by atoms with Crippen molar-refractivity contribution in [3.8, 4) is 11.5 Å². The fraction of sp³-hybridized carbons (Fsp3) is 0.333. The molecule has 0 bridgehead atoms. The lowest BCUT2D eigenvalue weighted by atomic mass is 10.2. The molecule has 1 aromatic heterocycles. The van der Waals surface area contributed by atoms with Gasteiger partial charge in [-0.15, -0.1) is 0 Å². The van der Waals surface area contributed by atoms with Gasteiger partial charge in [0.2, 0.25) is 0 Å². The fourth-order valence-electron chi connectivity index (χ4n) is 1.30. The first-order chi connectivity index (χ1) is 7.79. The first-order valence-corrected chi connectivity index (χ1v) is 5.45. The highest BCUT2D eigenvalue weighted by atomic mass is 16.5. The van der Waals surface area contributed by atoms with Gasteiger partial charge in [0.15, 0.2) is 0 Å². The van der Waals surface area contributed by atoms with Gasteiger partial charge in [-0.2, -0.15) is 4.98 Å². The average Bonchev–Trinajstić information content (AvgIpc) is 2.78. The Morgan fingerprint density at radius 1 is 1.31 bits per heavy atom. The highest BCUT2D eigenvalue weighted by molar-refractivity contribution is 5.53. The van der Waals surface area contributed by atoms with E-state index in [-0.39, 0.29) is 0 Å². The summed E-state index contributed by atoms with van der Waals surface area (Å²) >= 11 is 0. The van der Waals surface area contributed by atoms with Crippen LogP contribution in [0.25, 0.3) is 11.5 Å². The number of nitrogens with one attached hydrogen (secondary N) is 1. The van der Waals surface area contributed by atoms with Crippen LogP contribution < -0.4 is 5.32 Å². The van der Waals surface area contributed by atoms with Gasteiger partial charge >= 0.3 is 0 Å². The molecule has 2 rings (SSSR count). The van der Waals surface area contributed by atoms with E-state index in [1.54, 1.807) is 0 Å². The molecule has 1 unspecified atom stereocenters. The fourth-order valence-corrected chi connectivity index (χ4v) is 1.30. The molecule has 0 aliphatic carbocycles. The van der Waals surface area contributed by atoms with Crippen LogP contribution in [-0.4, -0.2) is 16.2 Å². The Balaban J connectivity index is 2.14. The molecule has 1 heterocycles. The summed E-state index contributed by atoms with van der Waals surface area (Å²) in [5.41, 5.74) is 0.937. The monoisotopic (exact) mass is 217 g/mol. The van der Waals surface area contributed by atoms with E-state index in [0.717, 1.165) is 12.0 Å². The largest absolute Gasteiger partial charge is 0.349 e. The predicted octanol–water partition coefficient (Wildman–Crippen LogP) is 2.95. The zero-order valence-corrected chi connectivity index (χ0v) is 9.47. The lowest BCUT2D eigenvalue weighted by molar-refractivity contribution is 0.431. The van der Waals surface area contributed by atoms with Crippen LogP contribution in [0.3, 0.4) is 0 Å². The van der Waals surface area contributed by atoms with Crippen molar-refractivity contribution in [1.82, 2.24) is 10.1 Å². The van der Waals surface area contributed by atoms with Crippen LogP contribution >= 0.6 is 0 Å². The number of rotatable bonds is 4. The molecule has 1 N–H and O–H groups in total. The van der Waals surface area contributed by atoms with E-state index in [0.29, 0.717) is 17.9 Å². The number of nitrogens with zero attached hydrogens (tertiary/aromatic N) is 2. The Kier molecular flexibility index (Phi) is 3.19. The van der Waals surface area contributed by atoms with E-state index in [1.807, 2.05) is 30.3 Å². The summed E-state index contributed by atoms with van der Waals surface area (Å²) in [4.78, 5) is 4.28. The topological polar surface area (TPSA) is 51.0 Å². The SMILES string of the molecule is CCC(C)Nc1noc(-c2ccccc2)n1. The molecule has 0 saturated heterocycles. The van der Waals surface area contributed by atoms with Crippen LogP contribution in [0.5, 0.6) is 0 Å². The van der Waals surface area contributed by atoms with Crippen LogP contribution in [0.15, 0.2) is 34.9 Å². The van der Waals surface area contributed by atoms with Gasteiger partial charge in [0.05, 0.1) is 0 Å². The molecule has 0 amide bonds. The van der Waals surface area contributed by atoms with E-state index in [1.165, 1.54) is 0 Å². The van der Waals surface area contributed by atoms with E-state index < -0.39 is 0 Å². The normalized spacial score (nSPS) is 12.4. The van der Waals surface area contributed by atoms with Crippen molar-refractivity contribution < 1.29 is 4.52 Å². The van der Waals surface area contributed by atoms with Gasteiger partial charge in [-0.05, 0) is 30.6 Å². The summed E-state index contributed by atoms with van der Waals surface area (Å²) in [7, 11) is 0. The summed E-state index contributed by atoms with van der Waals surface area (Å²) in [5, 5.41) is 7.05. The lowest BCUT2D eigenvalue weighted by Crippen LogP contribution is -2.14. The molecule has 0 aliphatic heterocycles. The molecule has 1 atom stereocenters. The van der Waals surface area contributed by atoms with E-state index >= 15 is 0 Å². The number of aromatic nitrogens is 2. The summed E-state index contributed by atoms with van der Waals surface area (Å²) in [6.45, 7) is 4.19. The van der Waals surface area contributed by atoms with Crippen molar-refractivity contribution in [2.24, 2.45) is 0 Å². The van der Waals surface area contributed by atoms with Gasteiger partial charge in [0, 0.05) is 11.6 Å². The maximum atomic E-state index is 5.17. The summed E-state index contributed by atoms with van der Waals surface area (Å²) in [5.74, 6) is 1.10. The minimum Gasteiger partial charge on any atom is -0.349 e. The van der Waals surface area contributed by atoms with Crippen molar-refractivity contribution in [2.45, 2.75) is 26.3 Å². The van der Waals surface area contributed by atoms with Gasteiger partial charge in [0.1, 0.15) is 0 Å². The Bertz CT molecular complexity index is 439. The molecule has 84 valence electrons. The van der Waals surface area contributed by atoms with Crippen molar-refractivity contribution in [2.75, 3.05) is 5.32 Å². The van der Waals surface area contributed by atoms with Crippen molar-refractivity contribution in [3.05, 3.63) is 30.3 Å². The Labute approximate surface area is 94.7 Å². The first kappa shape index (κ1) is 10.7. The van der Waals surface area contributed by atoms with Crippen molar-refractivity contribution in [3.63, 3.8) is 0 Å². The Morgan fingerprint density at radius 2 is 2.06 bits per heavy atom. The number of benzene rings is 1. The molecule has 0 saturated carbocycles. The minimum absolute atomic E-state index is 0.348. The molecule has 4 nitrogen and oxygen atoms in total. The molecular weight excluding hydrogens is 202 g/mol. The standard InChI is InChI=1S/C12H15N3O/c1-3-9(2)13-12-14-11(16-15-12)10-7-5-4-6-8-10/h4-9H,3H2,1-2H3,(H,13,15). The molecule has 0 spiro atoms. The molecule has 2 aromatic rings. The quantitative estimate of drug-likeness (QED) is 0.855. The first-order valence-electron chi connectivity index (χ1n) is 5.45. The van der Waals surface area contributed by atoms with Crippen LogP contribution in [-0.2, 0) is 0 Å². The van der Waals surface area contributed by atoms with E-state index in [2.05, 4.69) is 29.3 Å². The highest BCUT2D eigenvalue weighted by Gasteiger charge is 2.09. The second kappa shape index (κ2) is 4.79. The van der Waals surface area contributed by atoms with Gasteiger partial charge in [-0.25, -0.2) is 0 Å². The third kappa shape index (κ3) is 2.39. The van der Waals surface area contributed by atoms with E-state index in [9.17, 15) is 0 Å². The molecule has 1 aromatic carbocycles. The average molecular weight is 217 g/mol. The van der Waals surface area contributed by atoms with Gasteiger partial charge in [-0.3, -0.25) is 0 Å². The molecule has 16 heavy (non-hydrogen) atoms. The summed E-state index contributed by atoms with van der Waals surface area (Å²) < 4.78 is 5.17. The summed E-state index contributed by atoms with van der Waals surface area (Å²) in [6, 6.07) is 10.1. The van der Waals surface area contributed by atoms with Crippen LogP contribution in [0, 0.1) is 0 Å². The van der Waals surface area contributed by atoms with Crippen LogP contribution in [0.1, 0.15) is 20.3 Å². The number of hydrogen-bond acceptors (Lipinski definition) is 4. The van der Waals surface area contributed by atoms with E-state index in [4.69, 9.17) is 4.52 Å². The number of anilines is 1. The lowest BCUT2D eigenvalue weighted by Gasteiger charge is -2.06. The van der Waals surface area contributed by atoms with Gasteiger partial charge in [0.25, 0.3) is 11.8 Å². The maximum absolute atomic E-state index is 5.17. The molecular formula is C12H15N3O. The Morgan fingerprint density at radius 3 is 2.75 bits per heavy atom. The third-order valence-corrected chi connectivity index (χ3v) is 2.43. The highest BCUT2D eigenvalue weighted by Crippen LogP contribution is 2.18. The zero-order chi connectivity index (χ0) is 11.4. The molecule has 0 fully saturated rings. The smallest absolute Gasteiger partial charge is 0.263 e. The number of hydrogen-bond donors (Lipinski definition) is 1. The van der Waals surface area contributed by atoms with Gasteiger partial charge < -0.3 is 9.84 Å².